The molecule has 0 radical (unpaired) electrons. The lowest BCUT2D eigenvalue weighted by Crippen LogP contribution is -2.32. The number of hydrogen-bond acceptors (Lipinski definition) is 6. The van der Waals surface area contributed by atoms with E-state index in [0.29, 0.717) is 30.3 Å². The molecule has 3 aromatic rings. The van der Waals surface area contributed by atoms with Crippen molar-refractivity contribution >= 4 is 11.8 Å². The predicted molar refractivity (Wildman–Crippen MR) is 120 cm³/mol. The van der Waals surface area contributed by atoms with E-state index in [1.54, 1.807) is 7.11 Å². The van der Waals surface area contributed by atoms with Crippen molar-refractivity contribution in [1.82, 2.24) is 0 Å². The average molecular weight is 435 g/mol. The Bertz CT molecular complexity index is 1090. The Morgan fingerprint density at radius 1 is 1.03 bits per heavy atom. The van der Waals surface area contributed by atoms with Gasteiger partial charge >= 0.3 is 6.16 Å². The summed E-state index contributed by atoms with van der Waals surface area (Å²) in [6.07, 6.45) is -1.58. The third-order valence-corrected chi connectivity index (χ3v) is 5.28. The fraction of sp³-hybridized carbons (Fsp3) is 0.240. The number of methoxy groups -OCH3 is 1. The van der Waals surface area contributed by atoms with Gasteiger partial charge < -0.3 is 29.4 Å². The highest BCUT2D eigenvalue weighted by Gasteiger charge is 2.31. The van der Waals surface area contributed by atoms with Crippen LogP contribution in [0, 0.1) is 0 Å². The van der Waals surface area contributed by atoms with Gasteiger partial charge in [-0.3, -0.25) is 0 Å². The molecule has 0 spiro atoms. The SMILES string of the molecule is CCOc1ccc(C2CC(OC(=O)O)Nc3ccc(Oc4ccccc4)cc32)cc1OC. The molecule has 4 rings (SSSR count). The third kappa shape index (κ3) is 4.72. The van der Waals surface area contributed by atoms with Gasteiger partial charge in [0.05, 0.1) is 13.7 Å². The quantitative estimate of drug-likeness (QED) is 0.450. The molecule has 0 bridgehead atoms. The molecule has 166 valence electrons. The first-order valence-corrected chi connectivity index (χ1v) is 10.4. The van der Waals surface area contributed by atoms with Crippen LogP contribution in [-0.4, -0.2) is 31.2 Å². The van der Waals surface area contributed by atoms with Gasteiger partial charge in [-0.15, -0.1) is 0 Å². The van der Waals surface area contributed by atoms with Crippen LogP contribution in [-0.2, 0) is 4.74 Å². The van der Waals surface area contributed by atoms with E-state index in [0.717, 1.165) is 22.6 Å². The van der Waals surface area contributed by atoms with Crippen LogP contribution in [0.15, 0.2) is 66.7 Å². The van der Waals surface area contributed by atoms with Gasteiger partial charge in [0.2, 0.25) is 0 Å². The number of rotatable bonds is 7. The summed E-state index contributed by atoms with van der Waals surface area (Å²) < 4.78 is 22.2. The molecule has 0 aliphatic carbocycles. The van der Waals surface area contributed by atoms with Crippen LogP contribution in [0.2, 0.25) is 0 Å². The van der Waals surface area contributed by atoms with Gasteiger partial charge in [-0.05, 0) is 60.5 Å². The van der Waals surface area contributed by atoms with Gasteiger partial charge in [-0.2, -0.15) is 0 Å². The van der Waals surface area contributed by atoms with E-state index in [4.69, 9.17) is 24.1 Å². The first-order valence-electron chi connectivity index (χ1n) is 10.4. The Balaban J connectivity index is 1.72. The van der Waals surface area contributed by atoms with E-state index in [9.17, 15) is 4.79 Å². The summed E-state index contributed by atoms with van der Waals surface area (Å²) >= 11 is 0. The number of fused-ring (bicyclic) bond motifs is 1. The van der Waals surface area contributed by atoms with Crippen molar-refractivity contribution in [2.24, 2.45) is 0 Å². The Labute approximate surface area is 186 Å². The molecule has 1 aliphatic heterocycles. The maximum atomic E-state index is 11.2. The van der Waals surface area contributed by atoms with Crippen molar-refractivity contribution in [2.75, 3.05) is 19.0 Å². The molecule has 2 unspecified atom stereocenters. The molecular weight excluding hydrogens is 410 g/mol. The Morgan fingerprint density at radius 3 is 2.56 bits per heavy atom. The normalized spacial score (nSPS) is 16.9. The molecule has 0 amide bonds. The van der Waals surface area contributed by atoms with Crippen molar-refractivity contribution < 1.29 is 28.8 Å². The topological polar surface area (TPSA) is 86.3 Å². The van der Waals surface area contributed by atoms with Crippen molar-refractivity contribution in [3.05, 3.63) is 77.9 Å². The average Bonchev–Trinajstić information content (AvgIpc) is 2.79. The summed E-state index contributed by atoms with van der Waals surface area (Å²) in [6.45, 7) is 2.44. The molecule has 0 saturated heterocycles. The second-order valence-electron chi connectivity index (χ2n) is 7.31. The van der Waals surface area contributed by atoms with Gasteiger partial charge in [0.1, 0.15) is 11.5 Å². The summed E-state index contributed by atoms with van der Waals surface area (Å²) in [4.78, 5) is 11.2. The predicted octanol–water partition coefficient (Wildman–Crippen LogP) is 5.85. The number of carbonyl (C=O) groups is 1. The standard InChI is InChI=1S/C25H25NO6/c1-3-30-22-12-9-16(13-23(22)29-2)19-15-24(32-25(27)28)26-21-11-10-18(14-20(19)21)31-17-7-5-4-6-8-17/h4-14,19,24,26H,3,15H2,1-2H3,(H,27,28). The van der Waals surface area contributed by atoms with E-state index >= 15 is 0 Å². The summed E-state index contributed by atoms with van der Waals surface area (Å²) in [6, 6.07) is 21.0. The van der Waals surface area contributed by atoms with Crippen LogP contribution in [0.3, 0.4) is 0 Å². The van der Waals surface area contributed by atoms with Gasteiger partial charge in [-0.1, -0.05) is 24.3 Å². The monoisotopic (exact) mass is 435 g/mol. The van der Waals surface area contributed by atoms with Gasteiger partial charge in [0.25, 0.3) is 0 Å². The van der Waals surface area contributed by atoms with E-state index in [1.165, 1.54) is 0 Å². The van der Waals surface area contributed by atoms with Crippen LogP contribution >= 0.6 is 0 Å². The number of ether oxygens (including phenoxy) is 4. The number of anilines is 1. The fourth-order valence-electron chi connectivity index (χ4n) is 3.91. The number of benzene rings is 3. The summed E-state index contributed by atoms with van der Waals surface area (Å²) in [5.41, 5.74) is 2.74. The first-order chi connectivity index (χ1) is 15.6. The van der Waals surface area contributed by atoms with Crippen molar-refractivity contribution in [3.63, 3.8) is 0 Å². The molecule has 1 aliphatic rings. The Kier molecular flexibility index (Phi) is 6.35. The summed E-state index contributed by atoms with van der Waals surface area (Å²) in [5, 5.41) is 12.3. The van der Waals surface area contributed by atoms with Crippen molar-refractivity contribution in [1.29, 1.82) is 0 Å². The highest BCUT2D eigenvalue weighted by atomic mass is 16.7. The van der Waals surface area contributed by atoms with Crippen LogP contribution in [0.5, 0.6) is 23.0 Å². The highest BCUT2D eigenvalue weighted by Crippen LogP contribution is 2.43. The lowest BCUT2D eigenvalue weighted by molar-refractivity contribution is 0.0561. The number of nitrogens with one attached hydrogen (secondary N) is 1. The maximum Gasteiger partial charge on any atom is 0.507 e. The minimum Gasteiger partial charge on any atom is -0.493 e. The summed E-state index contributed by atoms with van der Waals surface area (Å²) in [5.74, 6) is 2.57. The van der Waals surface area contributed by atoms with Crippen molar-refractivity contribution in [3.8, 4) is 23.0 Å². The van der Waals surface area contributed by atoms with Crippen LogP contribution in [0.4, 0.5) is 10.5 Å². The number of hydrogen-bond donors (Lipinski definition) is 2. The molecule has 1 heterocycles. The second-order valence-corrected chi connectivity index (χ2v) is 7.31. The Morgan fingerprint density at radius 2 is 1.84 bits per heavy atom. The highest BCUT2D eigenvalue weighted by molar-refractivity contribution is 5.63. The molecular formula is C25H25NO6. The van der Waals surface area contributed by atoms with Crippen LogP contribution in [0.1, 0.15) is 30.4 Å². The largest absolute Gasteiger partial charge is 0.507 e. The lowest BCUT2D eigenvalue weighted by atomic mass is 9.84. The second kappa shape index (κ2) is 9.51. The zero-order chi connectivity index (χ0) is 22.5. The van der Waals surface area contributed by atoms with Crippen LogP contribution in [0.25, 0.3) is 0 Å². The van der Waals surface area contributed by atoms with E-state index in [1.807, 2.05) is 73.7 Å². The maximum absolute atomic E-state index is 11.2. The molecule has 32 heavy (non-hydrogen) atoms. The van der Waals surface area contributed by atoms with E-state index in [2.05, 4.69) is 5.32 Å². The molecule has 3 aromatic carbocycles. The fourth-order valence-corrected chi connectivity index (χ4v) is 3.91. The van der Waals surface area contributed by atoms with Crippen molar-refractivity contribution in [2.45, 2.75) is 25.5 Å². The third-order valence-electron chi connectivity index (χ3n) is 5.28. The molecule has 0 aromatic heterocycles. The lowest BCUT2D eigenvalue weighted by Gasteiger charge is -2.33. The minimum absolute atomic E-state index is 0.139. The Hall–Kier alpha value is -3.87. The smallest absolute Gasteiger partial charge is 0.493 e. The molecule has 0 fully saturated rings. The zero-order valence-electron chi connectivity index (χ0n) is 17.9. The molecule has 0 saturated carbocycles. The summed E-state index contributed by atoms with van der Waals surface area (Å²) in [7, 11) is 1.60. The molecule has 7 nitrogen and oxygen atoms in total. The molecule has 7 heteroatoms. The number of carboxylic acid groups (broad SMARTS) is 1. The zero-order valence-corrected chi connectivity index (χ0v) is 17.9. The minimum atomic E-state index is -1.32. The van der Waals surface area contributed by atoms with Gasteiger partial charge in [0, 0.05) is 18.0 Å². The van der Waals surface area contributed by atoms with Gasteiger partial charge in [-0.25, -0.2) is 4.79 Å². The van der Waals surface area contributed by atoms with Gasteiger partial charge in [0.15, 0.2) is 17.7 Å². The van der Waals surface area contributed by atoms with Crippen LogP contribution < -0.4 is 19.5 Å². The number of para-hydroxylation sites is 1. The van der Waals surface area contributed by atoms with E-state index < -0.39 is 12.4 Å². The molecule has 2 N–H and O–H groups in total. The molecule has 2 atom stereocenters. The van der Waals surface area contributed by atoms with E-state index in [-0.39, 0.29) is 5.92 Å². The first kappa shape index (κ1) is 21.4.